The maximum Gasteiger partial charge on any atom is 0.150 e. The van der Waals surface area contributed by atoms with E-state index in [-0.39, 0.29) is 23.4 Å². The first kappa shape index (κ1) is 18.1. The summed E-state index contributed by atoms with van der Waals surface area (Å²) in [6, 6.07) is 4.79. The van der Waals surface area contributed by atoms with Gasteiger partial charge in [-0.25, -0.2) is 12.8 Å². The molecule has 21 heavy (non-hydrogen) atoms. The van der Waals surface area contributed by atoms with Crippen LogP contribution in [-0.2, 0) is 9.84 Å². The largest absolute Gasteiger partial charge is 0.310 e. The standard InChI is InChI=1S/C16H26FNO2S/c1-4-10-18-16(7-6-11-21(19,20)5-2)15-12-14(17)9-8-13(15)3/h8-9,12,16,18H,4-7,10-11H2,1-3H3. The van der Waals surface area contributed by atoms with Crippen LogP contribution in [0.2, 0.25) is 0 Å². The maximum absolute atomic E-state index is 13.5. The molecule has 0 aliphatic heterocycles. The van der Waals surface area contributed by atoms with E-state index in [4.69, 9.17) is 0 Å². The zero-order chi connectivity index (χ0) is 15.9. The summed E-state index contributed by atoms with van der Waals surface area (Å²) in [4.78, 5) is 0. The van der Waals surface area contributed by atoms with Crippen LogP contribution in [0.1, 0.15) is 50.3 Å². The van der Waals surface area contributed by atoms with Crippen molar-refractivity contribution in [2.75, 3.05) is 18.1 Å². The molecule has 0 aliphatic rings. The summed E-state index contributed by atoms with van der Waals surface area (Å²) >= 11 is 0. The van der Waals surface area contributed by atoms with Crippen molar-refractivity contribution in [3.05, 3.63) is 35.1 Å². The van der Waals surface area contributed by atoms with Gasteiger partial charge >= 0.3 is 0 Å². The van der Waals surface area contributed by atoms with Gasteiger partial charge in [0.05, 0.1) is 5.75 Å². The van der Waals surface area contributed by atoms with Crippen LogP contribution in [0.4, 0.5) is 4.39 Å². The minimum Gasteiger partial charge on any atom is -0.310 e. The van der Waals surface area contributed by atoms with Crippen LogP contribution in [0.25, 0.3) is 0 Å². The molecule has 3 nitrogen and oxygen atoms in total. The van der Waals surface area contributed by atoms with E-state index >= 15 is 0 Å². The Hall–Kier alpha value is -0.940. The summed E-state index contributed by atoms with van der Waals surface area (Å²) in [5.74, 6) is 0.126. The second-order valence-electron chi connectivity index (χ2n) is 5.39. The molecule has 5 heteroatoms. The highest BCUT2D eigenvalue weighted by Crippen LogP contribution is 2.23. The van der Waals surface area contributed by atoms with Crippen LogP contribution in [0.15, 0.2) is 18.2 Å². The Morgan fingerprint density at radius 3 is 2.62 bits per heavy atom. The van der Waals surface area contributed by atoms with Crippen molar-refractivity contribution >= 4 is 9.84 Å². The third-order valence-electron chi connectivity index (χ3n) is 3.65. The summed E-state index contributed by atoms with van der Waals surface area (Å²) in [7, 11) is -2.94. The molecule has 0 spiro atoms. The maximum atomic E-state index is 13.5. The Bertz CT molecular complexity index is 543. The minimum absolute atomic E-state index is 0.00714. The number of nitrogens with one attached hydrogen (secondary N) is 1. The number of halogens is 1. The quantitative estimate of drug-likeness (QED) is 0.760. The fraction of sp³-hybridized carbons (Fsp3) is 0.625. The van der Waals surface area contributed by atoms with E-state index < -0.39 is 9.84 Å². The smallest absolute Gasteiger partial charge is 0.150 e. The molecular formula is C16H26FNO2S. The average molecular weight is 315 g/mol. The van der Waals surface area contributed by atoms with Crippen LogP contribution in [0.5, 0.6) is 0 Å². The van der Waals surface area contributed by atoms with E-state index in [0.29, 0.717) is 12.8 Å². The van der Waals surface area contributed by atoms with Gasteiger partial charge in [-0.1, -0.05) is 19.9 Å². The molecule has 1 N–H and O–H groups in total. The highest BCUT2D eigenvalue weighted by Gasteiger charge is 2.15. The fourth-order valence-electron chi connectivity index (χ4n) is 2.32. The van der Waals surface area contributed by atoms with Gasteiger partial charge in [-0.05, 0) is 56.0 Å². The molecule has 1 unspecified atom stereocenters. The molecule has 0 fully saturated rings. The molecule has 0 aromatic heterocycles. The topological polar surface area (TPSA) is 46.2 Å². The lowest BCUT2D eigenvalue weighted by molar-refractivity contribution is 0.487. The van der Waals surface area contributed by atoms with Gasteiger partial charge in [0.25, 0.3) is 0 Å². The van der Waals surface area contributed by atoms with E-state index in [1.54, 1.807) is 19.1 Å². The molecular weight excluding hydrogens is 289 g/mol. The summed E-state index contributed by atoms with van der Waals surface area (Å²) < 4.78 is 36.6. The lowest BCUT2D eigenvalue weighted by Crippen LogP contribution is -2.24. The van der Waals surface area contributed by atoms with Crippen LogP contribution < -0.4 is 5.32 Å². The van der Waals surface area contributed by atoms with Crippen molar-refractivity contribution < 1.29 is 12.8 Å². The lowest BCUT2D eigenvalue weighted by atomic mass is 9.97. The van der Waals surface area contributed by atoms with Crippen molar-refractivity contribution in [2.24, 2.45) is 0 Å². The molecule has 120 valence electrons. The van der Waals surface area contributed by atoms with Crippen LogP contribution in [0.3, 0.4) is 0 Å². The molecule has 0 bridgehead atoms. The van der Waals surface area contributed by atoms with E-state index in [1.807, 2.05) is 6.92 Å². The average Bonchev–Trinajstić information content (AvgIpc) is 2.45. The second-order valence-corrected chi connectivity index (χ2v) is 7.86. The predicted octanol–water partition coefficient (Wildman–Crippen LogP) is 3.39. The zero-order valence-electron chi connectivity index (χ0n) is 13.2. The van der Waals surface area contributed by atoms with Crippen LogP contribution in [0, 0.1) is 12.7 Å². The summed E-state index contributed by atoms with van der Waals surface area (Å²) in [6.07, 6.45) is 2.27. The first-order valence-electron chi connectivity index (χ1n) is 7.59. The van der Waals surface area contributed by atoms with Gasteiger partial charge in [0, 0.05) is 11.8 Å². The van der Waals surface area contributed by atoms with Crippen molar-refractivity contribution in [2.45, 2.75) is 46.1 Å². The molecule has 1 aromatic carbocycles. The number of sulfone groups is 1. The van der Waals surface area contributed by atoms with E-state index in [1.165, 1.54) is 6.07 Å². The summed E-state index contributed by atoms with van der Waals surface area (Å²) in [6.45, 7) is 6.53. The zero-order valence-corrected chi connectivity index (χ0v) is 14.0. The van der Waals surface area contributed by atoms with Gasteiger partial charge < -0.3 is 5.32 Å². The molecule has 0 radical (unpaired) electrons. The van der Waals surface area contributed by atoms with E-state index in [2.05, 4.69) is 12.2 Å². The highest BCUT2D eigenvalue weighted by molar-refractivity contribution is 7.91. The number of benzene rings is 1. The molecule has 0 saturated carbocycles. The molecule has 0 heterocycles. The number of hydrogen-bond donors (Lipinski definition) is 1. The van der Waals surface area contributed by atoms with E-state index in [9.17, 15) is 12.8 Å². The molecule has 0 aliphatic carbocycles. The first-order chi connectivity index (χ1) is 9.89. The third-order valence-corrected chi connectivity index (χ3v) is 5.44. The normalized spacial score (nSPS) is 13.3. The van der Waals surface area contributed by atoms with Gasteiger partial charge in [-0.3, -0.25) is 0 Å². The molecule has 1 rings (SSSR count). The fourth-order valence-corrected chi connectivity index (χ4v) is 3.22. The third kappa shape index (κ3) is 6.14. The van der Waals surface area contributed by atoms with Gasteiger partial charge in [0.2, 0.25) is 0 Å². The monoisotopic (exact) mass is 315 g/mol. The Labute approximate surface area is 127 Å². The Morgan fingerprint density at radius 2 is 2.00 bits per heavy atom. The minimum atomic E-state index is -2.94. The number of hydrogen-bond acceptors (Lipinski definition) is 3. The number of aryl methyl sites for hydroxylation is 1. The highest BCUT2D eigenvalue weighted by atomic mass is 32.2. The van der Waals surface area contributed by atoms with Crippen molar-refractivity contribution in [1.82, 2.24) is 5.32 Å². The second kappa shape index (κ2) is 8.49. The number of rotatable bonds is 9. The molecule has 1 atom stereocenters. The molecule has 0 saturated heterocycles. The van der Waals surface area contributed by atoms with Gasteiger partial charge in [0.1, 0.15) is 15.7 Å². The SMILES string of the molecule is CCCNC(CCCS(=O)(=O)CC)c1cc(F)ccc1C. The predicted molar refractivity (Wildman–Crippen MR) is 85.7 cm³/mol. The van der Waals surface area contributed by atoms with Gasteiger partial charge in [-0.15, -0.1) is 0 Å². The van der Waals surface area contributed by atoms with Gasteiger partial charge in [0.15, 0.2) is 0 Å². The lowest BCUT2D eigenvalue weighted by Gasteiger charge is -2.21. The summed E-state index contributed by atoms with van der Waals surface area (Å²) in [5, 5.41) is 3.40. The Morgan fingerprint density at radius 1 is 1.29 bits per heavy atom. The first-order valence-corrected chi connectivity index (χ1v) is 9.41. The van der Waals surface area contributed by atoms with Gasteiger partial charge in [-0.2, -0.15) is 0 Å². The Balaban J connectivity index is 2.78. The van der Waals surface area contributed by atoms with Crippen molar-refractivity contribution in [3.8, 4) is 0 Å². The summed E-state index contributed by atoms with van der Waals surface area (Å²) in [5.41, 5.74) is 1.96. The van der Waals surface area contributed by atoms with Crippen LogP contribution in [-0.4, -0.2) is 26.5 Å². The molecule has 0 amide bonds. The van der Waals surface area contributed by atoms with Crippen LogP contribution >= 0.6 is 0 Å². The Kier molecular flexibility index (Phi) is 7.32. The molecule has 1 aromatic rings. The van der Waals surface area contributed by atoms with E-state index in [0.717, 1.165) is 24.1 Å². The van der Waals surface area contributed by atoms with Crippen molar-refractivity contribution in [1.29, 1.82) is 0 Å². The van der Waals surface area contributed by atoms with Crippen molar-refractivity contribution in [3.63, 3.8) is 0 Å².